The highest BCUT2D eigenvalue weighted by atomic mass is 32.2. The second-order valence-corrected chi connectivity index (χ2v) is 11.2. The van der Waals surface area contributed by atoms with E-state index in [2.05, 4.69) is 32.2 Å². The van der Waals surface area contributed by atoms with Crippen LogP contribution in [0.25, 0.3) is 11.3 Å². The number of benzene rings is 2. The highest BCUT2D eigenvalue weighted by molar-refractivity contribution is 7.89. The fraction of sp³-hybridized carbons (Fsp3) is 0.250. The van der Waals surface area contributed by atoms with Crippen LogP contribution in [0.5, 0.6) is 0 Å². The maximum absolute atomic E-state index is 13.3. The number of hydrogen-bond donors (Lipinski definition) is 1. The van der Waals surface area contributed by atoms with Gasteiger partial charge in [0.15, 0.2) is 0 Å². The lowest BCUT2D eigenvalue weighted by atomic mass is 10.1. The van der Waals surface area contributed by atoms with E-state index < -0.39 is 10.0 Å². The third-order valence-electron chi connectivity index (χ3n) is 6.73. The Hall–Kier alpha value is -3.73. The van der Waals surface area contributed by atoms with Crippen LogP contribution in [0.1, 0.15) is 18.5 Å². The molecule has 1 aliphatic rings. The number of nitrogens with one attached hydrogen (secondary N) is 1. The van der Waals surface area contributed by atoms with Gasteiger partial charge in [0.1, 0.15) is 5.82 Å². The number of pyridine rings is 1. The molecule has 2 aromatic heterocycles. The van der Waals surface area contributed by atoms with E-state index in [0.29, 0.717) is 36.5 Å². The molecule has 196 valence electrons. The number of anilines is 2. The molecule has 0 unspecified atom stereocenters. The molecule has 0 atom stereocenters. The van der Waals surface area contributed by atoms with Crippen LogP contribution in [0.3, 0.4) is 0 Å². The van der Waals surface area contributed by atoms with Crippen LogP contribution in [0.2, 0.25) is 0 Å². The monoisotopic (exact) mass is 532 g/mol. The second-order valence-electron chi connectivity index (χ2n) is 9.29. The van der Waals surface area contributed by atoms with Gasteiger partial charge in [-0.15, -0.1) is 0 Å². The van der Waals surface area contributed by atoms with E-state index >= 15 is 0 Å². The zero-order valence-corrected chi connectivity index (χ0v) is 21.9. The summed E-state index contributed by atoms with van der Waals surface area (Å²) in [7, 11) is -1.53. The van der Waals surface area contributed by atoms with Crippen molar-refractivity contribution in [2.75, 3.05) is 25.5 Å². The molecule has 0 amide bonds. The molecule has 8 nitrogen and oxygen atoms in total. The maximum Gasteiger partial charge on any atom is 0.243 e. The average molecular weight is 533 g/mol. The van der Waals surface area contributed by atoms with E-state index in [0.717, 1.165) is 30.6 Å². The number of nitrogens with zero attached hydrogens (tertiary/aromatic N) is 5. The molecule has 0 spiro atoms. The first-order chi connectivity index (χ1) is 18.4. The van der Waals surface area contributed by atoms with Gasteiger partial charge in [0.25, 0.3) is 0 Å². The normalized spacial score (nSPS) is 15.0. The van der Waals surface area contributed by atoms with Gasteiger partial charge in [0.05, 0.1) is 16.3 Å². The molecular formula is C28H29FN6O2S. The van der Waals surface area contributed by atoms with Crippen molar-refractivity contribution < 1.29 is 12.8 Å². The molecule has 2 aromatic carbocycles. The minimum atomic E-state index is -3.59. The van der Waals surface area contributed by atoms with Gasteiger partial charge in [-0.2, -0.15) is 4.31 Å². The molecule has 5 rings (SSSR count). The Bertz CT molecular complexity index is 1460. The Morgan fingerprint density at radius 2 is 1.68 bits per heavy atom. The van der Waals surface area contributed by atoms with Gasteiger partial charge in [-0.1, -0.05) is 6.07 Å². The lowest BCUT2D eigenvalue weighted by Gasteiger charge is -2.36. The van der Waals surface area contributed by atoms with Crippen molar-refractivity contribution in [1.82, 2.24) is 24.2 Å². The van der Waals surface area contributed by atoms with E-state index in [4.69, 9.17) is 0 Å². The van der Waals surface area contributed by atoms with Crippen molar-refractivity contribution in [3.63, 3.8) is 0 Å². The first kappa shape index (κ1) is 25.9. The highest BCUT2D eigenvalue weighted by Crippen LogP contribution is 2.25. The fourth-order valence-corrected chi connectivity index (χ4v) is 6.06. The predicted molar refractivity (Wildman–Crippen MR) is 145 cm³/mol. The Morgan fingerprint density at radius 1 is 0.947 bits per heavy atom. The largest absolute Gasteiger partial charge is 0.324 e. The Labute approximate surface area is 222 Å². The zero-order valence-electron chi connectivity index (χ0n) is 21.0. The first-order valence-electron chi connectivity index (χ1n) is 12.4. The Kier molecular flexibility index (Phi) is 7.73. The van der Waals surface area contributed by atoms with E-state index in [1.54, 1.807) is 59.2 Å². The summed E-state index contributed by atoms with van der Waals surface area (Å²) in [6, 6.07) is 20.6. The van der Waals surface area contributed by atoms with Gasteiger partial charge in [0.2, 0.25) is 16.0 Å². The van der Waals surface area contributed by atoms with Crippen molar-refractivity contribution in [3.05, 3.63) is 96.7 Å². The van der Waals surface area contributed by atoms with Crippen LogP contribution < -0.4 is 5.32 Å². The van der Waals surface area contributed by atoms with Crippen LogP contribution >= 0.6 is 0 Å². The molecule has 0 bridgehead atoms. The highest BCUT2D eigenvalue weighted by Gasteiger charge is 2.30. The number of rotatable bonds is 8. The first-order valence-corrected chi connectivity index (χ1v) is 13.9. The molecule has 1 saturated heterocycles. The molecule has 1 aliphatic heterocycles. The number of piperidine rings is 1. The minimum absolute atomic E-state index is 0.254. The van der Waals surface area contributed by atoms with Gasteiger partial charge < -0.3 is 5.32 Å². The van der Waals surface area contributed by atoms with Gasteiger partial charge >= 0.3 is 0 Å². The molecule has 0 saturated carbocycles. The zero-order chi connectivity index (χ0) is 26.5. The Balaban J connectivity index is 1.20. The van der Waals surface area contributed by atoms with Crippen LogP contribution in [-0.2, 0) is 16.6 Å². The molecule has 38 heavy (non-hydrogen) atoms. The van der Waals surface area contributed by atoms with Gasteiger partial charge in [-0.25, -0.2) is 22.8 Å². The van der Waals surface area contributed by atoms with E-state index in [9.17, 15) is 12.8 Å². The molecule has 1 fully saturated rings. The van der Waals surface area contributed by atoms with Crippen molar-refractivity contribution in [2.24, 2.45) is 0 Å². The summed E-state index contributed by atoms with van der Waals surface area (Å²) in [5, 5.41) is 3.11. The third-order valence-corrected chi connectivity index (χ3v) is 8.64. The lowest BCUT2D eigenvalue weighted by molar-refractivity contribution is 0.161. The van der Waals surface area contributed by atoms with Crippen molar-refractivity contribution in [1.29, 1.82) is 0 Å². The summed E-state index contributed by atoms with van der Waals surface area (Å²) in [4.78, 5) is 15.6. The minimum Gasteiger partial charge on any atom is -0.324 e. The average Bonchev–Trinajstić information content (AvgIpc) is 2.94. The predicted octanol–water partition coefficient (Wildman–Crippen LogP) is 4.71. The van der Waals surface area contributed by atoms with Crippen LogP contribution in [0, 0.1) is 5.82 Å². The topological polar surface area (TPSA) is 91.3 Å². The van der Waals surface area contributed by atoms with Gasteiger partial charge in [-0.05, 0) is 86.6 Å². The third kappa shape index (κ3) is 6.04. The smallest absolute Gasteiger partial charge is 0.243 e. The molecule has 0 radical (unpaired) electrons. The quantitative estimate of drug-likeness (QED) is 0.352. The summed E-state index contributed by atoms with van der Waals surface area (Å²) in [6.45, 7) is 1.69. The summed E-state index contributed by atoms with van der Waals surface area (Å²) >= 11 is 0. The number of aromatic nitrogens is 3. The van der Waals surface area contributed by atoms with Crippen molar-refractivity contribution in [2.45, 2.75) is 30.3 Å². The molecule has 3 heterocycles. The van der Waals surface area contributed by atoms with Crippen LogP contribution in [-0.4, -0.2) is 58.8 Å². The summed E-state index contributed by atoms with van der Waals surface area (Å²) < 4.78 is 41.4. The summed E-state index contributed by atoms with van der Waals surface area (Å²) in [6.07, 6.45) is 4.94. The summed E-state index contributed by atoms with van der Waals surface area (Å²) in [5.41, 5.74) is 3.09. The standard InChI is InChI=1S/C28H29FN6O2S/c1-34(20-24-4-2-3-16-30-24)25-14-18-35(19-15-25)38(36,37)26-11-9-23(10-12-26)32-28-31-17-13-27(33-28)21-5-7-22(29)8-6-21/h2-13,16-17,25H,14-15,18-20H2,1H3,(H,31,32,33). The van der Waals surface area contributed by atoms with E-state index in [-0.39, 0.29) is 10.7 Å². The lowest BCUT2D eigenvalue weighted by Crippen LogP contribution is -2.45. The number of halogens is 1. The SMILES string of the molecule is CN(Cc1ccccn1)C1CCN(S(=O)(=O)c2ccc(Nc3nccc(-c4ccc(F)cc4)n3)cc2)CC1. The van der Waals surface area contributed by atoms with Gasteiger partial charge in [0, 0.05) is 49.3 Å². The molecule has 1 N–H and O–H groups in total. The van der Waals surface area contributed by atoms with Crippen LogP contribution in [0.4, 0.5) is 16.0 Å². The molecule has 0 aliphatic carbocycles. The summed E-state index contributed by atoms with van der Waals surface area (Å²) in [5.74, 6) is 0.0489. The Morgan fingerprint density at radius 3 is 2.37 bits per heavy atom. The number of sulfonamides is 1. The fourth-order valence-electron chi connectivity index (χ4n) is 4.59. The van der Waals surface area contributed by atoms with E-state index in [1.165, 1.54) is 12.1 Å². The molecule has 10 heteroatoms. The van der Waals surface area contributed by atoms with Crippen LogP contribution in [0.15, 0.2) is 90.1 Å². The maximum atomic E-state index is 13.3. The van der Waals surface area contributed by atoms with E-state index in [1.807, 2.05) is 18.2 Å². The van der Waals surface area contributed by atoms with Crippen molar-refractivity contribution >= 4 is 21.7 Å². The number of hydrogen-bond acceptors (Lipinski definition) is 7. The molecular weight excluding hydrogens is 503 g/mol. The van der Waals surface area contributed by atoms with Gasteiger partial charge in [-0.3, -0.25) is 9.88 Å². The van der Waals surface area contributed by atoms with Crippen molar-refractivity contribution in [3.8, 4) is 11.3 Å². The molecule has 4 aromatic rings. The second kappa shape index (κ2) is 11.3.